The summed E-state index contributed by atoms with van der Waals surface area (Å²) in [5.74, 6) is 0. The Morgan fingerprint density at radius 3 is 2.33 bits per heavy atom. The molecule has 1 atom stereocenters. The van der Waals surface area contributed by atoms with E-state index in [2.05, 4.69) is 30.4 Å². The highest BCUT2D eigenvalue weighted by atomic mass is 16.3. The van der Waals surface area contributed by atoms with Crippen molar-refractivity contribution in [2.24, 2.45) is 0 Å². The molecule has 2 aromatic carbocycles. The number of nitrogens with one attached hydrogen (secondary N) is 1. The molecule has 2 rings (SSSR count). The second kappa shape index (κ2) is 6.34. The zero-order valence-electron chi connectivity index (χ0n) is 10.6. The van der Waals surface area contributed by atoms with Gasteiger partial charge in [-0.2, -0.15) is 0 Å². The van der Waals surface area contributed by atoms with Gasteiger partial charge in [0.2, 0.25) is 0 Å². The first-order valence-electron chi connectivity index (χ1n) is 6.33. The lowest BCUT2D eigenvalue weighted by Crippen LogP contribution is -2.23. The maximum Gasteiger partial charge on any atom is 0.0685 e. The summed E-state index contributed by atoms with van der Waals surface area (Å²) in [6.45, 7) is 3.06. The van der Waals surface area contributed by atoms with Gasteiger partial charge < -0.3 is 10.4 Å². The fourth-order valence-electron chi connectivity index (χ4n) is 2.22. The predicted molar refractivity (Wildman–Crippen MR) is 74.3 cm³/mol. The monoisotopic (exact) mass is 241 g/mol. The summed E-state index contributed by atoms with van der Waals surface area (Å²) in [6.07, 6.45) is 0. The molecule has 0 aliphatic rings. The first-order chi connectivity index (χ1) is 8.86. The highest BCUT2D eigenvalue weighted by molar-refractivity contribution is 5.37. The Labute approximate surface area is 108 Å². The minimum atomic E-state index is 0.0743. The molecule has 0 saturated heterocycles. The van der Waals surface area contributed by atoms with Crippen molar-refractivity contribution in [3.63, 3.8) is 0 Å². The van der Waals surface area contributed by atoms with E-state index in [4.69, 9.17) is 0 Å². The van der Waals surface area contributed by atoms with E-state index in [9.17, 15) is 5.11 Å². The van der Waals surface area contributed by atoms with Crippen LogP contribution in [0.25, 0.3) is 0 Å². The molecule has 0 aliphatic heterocycles. The lowest BCUT2D eigenvalue weighted by Gasteiger charge is -2.21. The van der Waals surface area contributed by atoms with Gasteiger partial charge in [0, 0.05) is 0 Å². The molecule has 94 valence electrons. The van der Waals surface area contributed by atoms with Gasteiger partial charge in [0.1, 0.15) is 0 Å². The van der Waals surface area contributed by atoms with Crippen LogP contribution in [0.4, 0.5) is 0 Å². The highest BCUT2D eigenvalue weighted by Gasteiger charge is 2.15. The average Bonchev–Trinajstić information content (AvgIpc) is 2.46. The molecular formula is C16H19NO. The van der Waals surface area contributed by atoms with Crippen molar-refractivity contribution >= 4 is 0 Å². The van der Waals surface area contributed by atoms with Gasteiger partial charge in [0.25, 0.3) is 0 Å². The molecule has 0 bridgehead atoms. The first kappa shape index (κ1) is 12.8. The molecule has 0 saturated carbocycles. The third-order valence-corrected chi connectivity index (χ3v) is 3.08. The molecule has 0 heterocycles. The second-order valence-electron chi connectivity index (χ2n) is 4.26. The Kier molecular flexibility index (Phi) is 4.51. The molecule has 18 heavy (non-hydrogen) atoms. The number of aliphatic hydroxyl groups is 1. The molecule has 0 amide bonds. The average molecular weight is 241 g/mol. The summed E-state index contributed by atoms with van der Waals surface area (Å²) >= 11 is 0. The van der Waals surface area contributed by atoms with E-state index >= 15 is 0 Å². The summed E-state index contributed by atoms with van der Waals surface area (Å²) in [7, 11) is 0. The van der Waals surface area contributed by atoms with Gasteiger partial charge >= 0.3 is 0 Å². The molecule has 0 fully saturated rings. The minimum Gasteiger partial charge on any atom is -0.392 e. The predicted octanol–water partition coefficient (Wildman–Crippen LogP) is 2.88. The van der Waals surface area contributed by atoms with Crippen molar-refractivity contribution in [3.05, 3.63) is 71.3 Å². The van der Waals surface area contributed by atoms with Gasteiger partial charge in [-0.1, -0.05) is 61.5 Å². The number of hydrogen-bond donors (Lipinski definition) is 2. The van der Waals surface area contributed by atoms with Crippen LogP contribution in [0.3, 0.4) is 0 Å². The van der Waals surface area contributed by atoms with Crippen LogP contribution in [0.1, 0.15) is 29.7 Å². The van der Waals surface area contributed by atoms with Crippen molar-refractivity contribution in [1.29, 1.82) is 0 Å². The molecule has 2 nitrogen and oxygen atoms in total. The van der Waals surface area contributed by atoms with E-state index in [1.54, 1.807) is 0 Å². The normalized spacial score (nSPS) is 12.3. The molecule has 0 spiro atoms. The van der Waals surface area contributed by atoms with E-state index in [1.165, 1.54) is 5.56 Å². The lowest BCUT2D eigenvalue weighted by molar-refractivity contribution is 0.279. The van der Waals surface area contributed by atoms with Gasteiger partial charge in [-0.3, -0.25) is 0 Å². The fourth-order valence-corrected chi connectivity index (χ4v) is 2.22. The largest absolute Gasteiger partial charge is 0.392 e. The standard InChI is InChI=1S/C16H19NO/c1-2-17-16(13-8-4-3-5-9-13)15-11-7-6-10-14(15)12-18/h3-11,16-18H,2,12H2,1H3. The Morgan fingerprint density at radius 1 is 1.00 bits per heavy atom. The van der Waals surface area contributed by atoms with E-state index in [0.29, 0.717) is 0 Å². The second-order valence-corrected chi connectivity index (χ2v) is 4.26. The third-order valence-electron chi connectivity index (χ3n) is 3.08. The SMILES string of the molecule is CCNC(c1ccccc1)c1ccccc1CO. The maximum atomic E-state index is 9.45. The summed E-state index contributed by atoms with van der Waals surface area (Å²) in [6, 6.07) is 18.5. The van der Waals surface area contributed by atoms with Gasteiger partial charge in [-0.25, -0.2) is 0 Å². The van der Waals surface area contributed by atoms with Crippen LogP contribution in [-0.4, -0.2) is 11.7 Å². The van der Waals surface area contributed by atoms with Crippen molar-refractivity contribution in [1.82, 2.24) is 5.32 Å². The molecular weight excluding hydrogens is 222 g/mol. The van der Waals surface area contributed by atoms with Crippen molar-refractivity contribution < 1.29 is 5.11 Å². The molecule has 2 heteroatoms. The van der Waals surface area contributed by atoms with Crippen LogP contribution in [0, 0.1) is 0 Å². The Bertz CT molecular complexity index is 481. The number of benzene rings is 2. The number of hydrogen-bond acceptors (Lipinski definition) is 2. The van der Waals surface area contributed by atoms with Crippen LogP contribution < -0.4 is 5.32 Å². The van der Waals surface area contributed by atoms with E-state index in [-0.39, 0.29) is 12.6 Å². The minimum absolute atomic E-state index is 0.0743. The highest BCUT2D eigenvalue weighted by Crippen LogP contribution is 2.25. The van der Waals surface area contributed by atoms with Crippen LogP contribution in [0.15, 0.2) is 54.6 Å². The summed E-state index contributed by atoms with van der Waals surface area (Å²) in [4.78, 5) is 0. The lowest BCUT2D eigenvalue weighted by atomic mass is 9.94. The van der Waals surface area contributed by atoms with Crippen LogP contribution in [-0.2, 0) is 6.61 Å². The van der Waals surface area contributed by atoms with Crippen LogP contribution in [0.2, 0.25) is 0 Å². The Hall–Kier alpha value is -1.64. The topological polar surface area (TPSA) is 32.3 Å². The zero-order valence-corrected chi connectivity index (χ0v) is 10.6. The smallest absolute Gasteiger partial charge is 0.0685 e. The van der Waals surface area contributed by atoms with E-state index in [0.717, 1.165) is 17.7 Å². The summed E-state index contributed by atoms with van der Waals surface area (Å²) in [5.41, 5.74) is 3.35. The summed E-state index contributed by atoms with van der Waals surface area (Å²) < 4.78 is 0. The van der Waals surface area contributed by atoms with Gasteiger partial charge in [-0.15, -0.1) is 0 Å². The van der Waals surface area contributed by atoms with Crippen molar-refractivity contribution in [2.75, 3.05) is 6.54 Å². The number of aliphatic hydroxyl groups excluding tert-OH is 1. The Balaban J connectivity index is 2.41. The van der Waals surface area contributed by atoms with E-state index < -0.39 is 0 Å². The van der Waals surface area contributed by atoms with Gasteiger partial charge in [0.15, 0.2) is 0 Å². The molecule has 2 aromatic rings. The Morgan fingerprint density at radius 2 is 1.67 bits per heavy atom. The molecule has 1 unspecified atom stereocenters. The third kappa shape index (κ3) is 2.78. The van der Waals surface area contributed by atoms with Crippen LogP contribution >= 0.6 is 0 Å². The summed E-state index contributed by atoms with van der Waals surface area (Å²) in [5, 5.41) is 12.9. The fraction of sp³-hybridized carbons (Fsp3) is 0.250. The molecule has 0 aromatic heterocycles. The van der Waals surface area contributed by atoms with Crippen molar-refractivity contribution in [2.45, 2.75) is 19.6 Å². The molecule has 0 radical (unpaired) electrons. The van der Waals surface area contributed by atoms with Crippen LogP contribution in [0.5, 0.6) is 0 Å². The quantitative estimate of drug-likeness (QED) is 0.843. The maximum absolute atomic E-state index is 9.45. The van der Waals surface area contributed by atoms with Crippen molar-refractivity contribution in [3.8, 4) is 0 Å². The first-order valence-corrected chi connectivity index (χ1v) is 6.33. The molecule has 0 aliphatic carbocycles. The zero-order chi connectivity index (χ0) is 12.8. The number of rotatable bonds is 5. The van der Waals surface area contributed by atoms with Gasteiger partial charge in [0.05, 0.1) is 12.6 Å². The van der Waals surface area contributed by atoms with E-state index in [1.807, 2.05) is 36.4 Å². The van der Waals surface area contributed by atoms with Gasteiger partial charge in [-0.05, 0) is 23.2 Å². The molecule has 2 N–H and O–H groups in total.